The van der Waals surface area contributed by atoms with Crippen LogP contribution in [0.1, 0.15) is 38.5 Å². The summed E-state index contributed by atoms with van der Waals surface area (Å²) in [6, 6.07) is 0. The third kappa shape index (κ3) is 14.3. The van der Waals surface area contributed by atoms with Gasteiger partial charge in [-0.3, -0.25) is 9.59 Å². The molecule has 0 rings (SSSR count). The molecule has 0 saturated carbocycles. The summed E-state index contributed by atoms with van der Waals surface area (Å²) >= 11 is 0. The van der Waals surface area contributed by atoms with Crippen LogP contribution in [0.4, 0.5) is 0 Å². The molecule has 0 spiro atoms. The number of aliphatic carboxylic acids is 2. The van der Waals surface area contributed by atoms with Crippen LogP contribution in [0.25, 0.3) is 0 Å². The van der Waals surface area contributed by atoms with Gasteiger partial charge in [0.2, 0.25) is 0 Å². The van der Waals surface area contributed by atoms with Crippen LogP contribution >= 0.6 is 0 Å². The molecule has 81 valence electrons. The molecule has 0 saturated heterocycles. The minimum absolute atomic E-state index is 0. The first kappa shape index (κ1) is 15.0. The van der Waals surface area contributed by atoms with Gasteiger partial charge in [0.1, 0.15) is 0 Å². The Kier molecular flexibility index (Phi) is 11.0. The van der Waals surface area contributed by atoms with Crippen LogP contribution in [0.5, 0.6) is 0 Å². The summed E-state index contributed by atoms with van der Waals surface area (Å²) in [4.78, 5) is 20.1. The molecule has 0 heterocycles. The Morgan fingerprint density at radius 3 is 1.31 bits per heavy atom. The third-order valence-electron chi connectivity index (χ3n) is 1.53. The van der Waals surface area contributed by atoms with E-state index in [9.17, 15) is 9.59 Å². The van der Waals surface area contributed by atoms with Crippen LogP contribution < -0.4 is 0 Å². The summed E-state index contributed by atoms with van der Waals surface area (Å²) in [6.07, 6.45) is 3.28. The maximum Gasteiger partial charge on any atom is 0.303 e. The number of hydrogen-bond donors (Lipinski definition) is 2. The van der Waals surface area contributed by atoms with Crippen LogP contribution in [0.3, 0.4) is 0 Å². The van der Waals surface area contributed by atoms with E-state index >= 15 is 0 Å². The van der Waals surface area contributed by atoms with Gasteiger partial charge in [0.05, 0.1) is 0 Å². The molecule has 0 aromatic rings. The summed E-state index contributed by atoms with van der Waals surface area (Å²) in [7, 11) is 0. The third-order valence-corrected chi connectivity index (χ3v) is 1.53. The Labute approximate surface area is 87.8 Å². The molecule has 0 aromatic carbocycles. The van der Waals surface area contributed by atoms with Crippen molar-refractivity contribution < 1.29 is 36.9 Å². The Hall–Kier alpha value is -0.541. The SMILES string of the molecule is O=C(O)CCCCCCC(=O)O.[Cu]. The average Bonchev–Trinajstić information content (AvgIpc) is 1.95. The van der Waals surface area contributed by atoms with Crippen molar-refractivity contribution in [2.75, 3.05) is 0 Å². The minimum atomic E-state index is -0.784. The number of unbranched alkanes of at least 4 members (excludes halogenated alkanes) is 3. The van der Waals surface area contributed by atoms with E-state index in [1.807, 2.05) is 0 Å². The molecular weight excluding hydrogens is 224 g/mol. The predicted molar refractivity (Wildman–Crippen MR) is 43.0 cm³/mol. The van der Waals surface area contributed by atoms with Crippen LogP contribution in [0.15, 0.2) is 0 Å². The van der Waals surface area contributed by atoms with E-state index in [0.717, 1.165) is 12.8 Å². The van der Waals surface area contributed by atoms with E-state index in [1.165, 1.54) is 0 Å². The van der Waals surface area contributed by atoms with Gasteiger partial charge < -0.3 is 10.2 Å². The summed E-state index contributed by atoms with van der Waals surface area (Å²) in [5.74, 6) is -1.57. The molecule has 0 bridgehead atoms. The molecule has 0 fully saturated rings. The van der Waals surface area contributed by atoms with E-state index in [2.05, 4.69) is 0 Å². The van der Waals surface area contributed by atoms with Gasteiger partial charge in [0.25, 0.3) is 0 Å². The molecule has 0 unspecified atom stereocenters. The topological polar surface area (TPSA) is 74.6 Å². The molecule has 0 aromatic heterocycles. The Morgan fingerprint density at radius 2 is 1.08 bits per heavy atom. The van der Waals surface area contributed by atoms with E-state index in [1.54, 1.807) is 0 Å². The Balaban J connectivity index is 0. The maximum absolute atomic E-state index is 10.0. The monoisotopic (exact) mass is 237 g/mol. The zero-order chi connectivity index (χ0) is 9.40. The molecule has 5 heteroatoms. The van der Waals surface area contributed by atoms with Crippen molar-refractivity contribution in [1.29, 1.82) is 0 Å². The van der Waals surface area contributed by atoms with Crippen molar-refractivity contribution in [3.05, 3.63) is 0 Å². The second kappa shape index (κ2) is 9.55. The maximum atomic E-state index is 10.0. The van der Waals surface area contributed by atoms with Gasteiger partial charge in [-0.05, 0) is 12.8 Å². The number of carboxylic acid groups (broad SMARTS) is 2. The summed E-state index contributed by atoms with van der Waals surface area (Å²) in [5, 5.41) is 16.5. The molecule has 2 N–H and O–H groups in total. The van der Waals surface area contributed by atoms with Gasteiger partial charge in [-0.2, -0.15) is 0 Å². The van der Waals surface area contributed by atoms with Crippen molar-refractivity contribution >= 4 is 11.9 Å². The van der Waals surface area contributed by atoms with Gasteiger partial charge in [-0.1, -0.05) is 12.8 Å². The second-order valence-corrected chi connectivity index (χ2v) is 2.70. The Bertz CT molecular complexity index is 140. The Morgan fingerprint density at radius 1 is 0.769 bits per heavy atom. The fraction of sp³-hybridized carbons (Fsp3) is 0.750. The fourth-order valence-corrected chi connectivity index (χ4v) is 0.906. The summed E-state index contributed by atoms with van der Waals surface area (Å²) in [6.45, 7) is 0. The predicted octanol–water partition coefficient (Wildman–Crippen LogP) is 1.49. The fourth-order valence-electron chi connectivity index (χ4n) is 0.906. The zero-order valence-electron chi connectivity index (χ0n) is 7.26. The number of hydrogen-bond acceptors (Lipinski definition) is 2. The first-order chi connectivity index (χ1) is 5.63. The molecule has 0 aliphatic heterocycles. The van der Waals surface area contributed by atoms with Crippen molar-refractivity contribution in [2.24, 2.45) is 0 Å². The molecule has 13 heavy (non-hydrogen) atoms. The van der Waals surface area contributed by atoms with Crippen LogP contribution in [-0.2, 0) is 26.7 Å². The molecule has 0 amide bonds. The second-order valence-electron chi connectivity index (χ2n) is 2.70. The molecule has 4 nitrogen and oxygen atoms in total. The molecule has 1 radical (unpaired) electrons. The van der Waals surface area contributed by atoms with E-state index in [4.69, 9.17) is 10.2 Å². The molecule has 0 aliphatic carbocycles. The van der Waals surface area contributed by atoms with Crippen LogP contribution in [0, 0.1) is 0 Å². The first-order valence-corrected chi connectivity index (χ1v) is 4.06. The first-order valence-electron chi connectivity index (χ1n) is 4.06. The van der Waals surface area contributed by atoms with Crippen molar-refractivity contribution in [2.45, 2.75) is 38.5 Å². The van der Waals surface area contributed by atoms with E-state index in [-0.39, 0.29) is 29.9 Å². The smallest absolute Gasteiger partial charge is 0.303 e. The van der Waals surface area contributed by atoms with Crippen LogP contribution in [-0.4, -0.2) is 22.2 Å². The van der Waals surface area contributed by atoms with E-state index in [0.29, 0.717) is 12.8 Å². The largest absolute Gasteiger partial charge is 0.481 e. The van der Waals surface area contributed by atoms with Gasteiger partial charge in [0.15, 0.2) is 0 Å². The molecule has 0 aliphatic rings. The van der Waals surface area contributed by atoms with Crippen molar-refractivity contribution in [1.82, 2.24) is 0 Å². The quantitative estimate of drug-likeness (QED) is 0.520. The average molecular weight is 238 g/mol. The normalized spacial score (nSPS) is 8.92. The standard InChI is InChI=1S/C8H14O4.Cu/c9-7(10)5-3-1-2-4-6-8(11)12;/h1-6H2,(H,9,10)(H,11,12);. The minimum Gasteiger partial charge on any atom is -0.481 e. The van der Waals surface area contributed by atoms with Crippen molar-refractivity contribution in [3.8, 4) is 0 Å². The van der Waals surface area contributed by atoms with Crippen LogP contribution in [0.2, 0.25) is 0 Å². The van der Waals surface area contributed by atoms with Gasteiger partial charge in [-0.25, -0.2) is 0 Å². The molecular formula is C8H14CuO4. The van der Waals surface area contributed by atoms with Gasteiger partial charge in [-0.15, -0.1) is 0 Å². The summed E-state index contributed by atoms with van der Waals surface area (Å²) < 4.78 is 0. The number of rotatable bonds is 7. The number of carboxylic acids is 2. The summed E-state index contributed by atoms with van der Waals surface area (Å²) in [5.41, 5.74) is 0. The van der Waals surface area contributed by atoms with Gasteiger partial charge in [0, 0.05) is 29.9 Å². The molecule has 0 atom stereocenters. The van der Waals surface area contributed by atoms with Gasteiger partial charge >= 0.3 is 11.9 Å². The number of carbonyl (C=O) groups is 2. The zero-order valence-corrected chi connectivity index (χ0v) is 8.20. The van der Waals surface area contributed by atoms with Crippen molar-refractivity contribution in [3.63, 3.8) is 0 Å². The van der Waals surface area contributed by atoms with E-state index < -0.39 is 11.9 Å².